The smallest absolute Gasteiger partial charge is 0.226 e. The van der Waals surface area contributed by atoms with Gasteiger partial charge in [-0.2, -0.15) is 0 Å². The zero-order valence-electron chi connectivity index (χ0n) is 15.1. The van der Waals surface area contributed by atoms with Gasteiger partial charge in [0, 0.05) is 51.2 Å². The van der Waals surface area contributed by atoms with E-state index < -0.39 is 0 Å². The van der Waals surface area contributed by atoms with Crippen LogP contribution in [0.1, 0.15) is 23.1 Å². The summed E-state index contributed by atoms with van der Waals surface area (Å²) in [7, 11) is 2.04. The fraction of sp³-hybridized carbons (Fsp3) is 0.368. The van der Waals surface area contributed by atoms with Crippen molar-refractivity contribution in [2.24, 2.45) is 7.05 Å². The monoisotopic (exact) mass is 373 g/mol. The molecule has 1 unspecified atom stereocenters. The number of hydrogen-bond donors (Lipinski definition) is 1. The lowest BCUT2D eigenvalue weighted by Gasteiger charge is -2.35. The molecule has 0 bridgehead atoms. The number of aromatic nitrogens is 3. The molecule has 0 saturated carbocycles. The highest BCUT2D eigenvalue weighted by Gasteiger charge is 2.27. The van der Waals surface area contributed by atoms with Crippen molar-refractivity contribution in [3.63, 3.8) is 0 Å². The summed E-state index contributed by atoms with van der Waals surface area (Å²) >= 11 is 0. The van der Waals surface area contributed by atoms with Crippen LogP contribution in [0.2, 0.25) is 0 Å². The average Bonchev–Trinajstić information content (AvgIpc) is 3.25. The van der Waals surface area contributed by atoms with Crippen LogP contribution in [0.15, 0.2) is 47.3 Å². The van der Waals surface area contributed by atoms with Crippen LogP contribution in [0, 0.1) is 6.92 Å². The molecule has 0 amide bonds. The molecule has 1 aliphatic heterocycles. The second kappa shape index (κ2) is 8.03. The third-order valence-electron chi connectivity index (χ3n) is 4.73. The highest BCUT2D eigenvalue weighted by molar-refractivity contribution is 5.85. The van der Waals surface area contributed by atoms with Crippen LogP contribution in [0.5, 0.6) is 0 Å². The van der Waals surface area contributed by atoms with E-state index in [2.05, 4.69) is 43.8 Å². The van der Waals surface area contributed by atoms with Crippen molar-refractivity contribution in [1.29, 1.82) is 0 Å². The van der Waals surface area contributed by atoms with Gasteiger partial charge in [-0.05, 0) is 19.1 Å². The minimum atomic E-state index is 0. The van der Waals surface area contributed by atoms with Crippen molar-refractivity contribution in [2.45, 2.75) is 19.5 Å². The Balaban J connectivity index is 0.00000196. The Kier molecular flexibility index (Phi) is 5.76. The van der Waals surface area contributed by atoms with Crippen LogP contribution in [-0.4, -0.2) is 39.1 Å². The van der Waals surface area contributed by atoms with Crippen molar-refractivity contribution in [3.8, 4) is 11.5 Å². The van der Waals surface area contributed by atoms with Crippen LogP contribution in [0.4, 0.5) is 0 Å². The molecular weight excluding hydrogens is 350 g/mol. The molecule has 1 saturated heterocycles. The van der Waals surface area contributed by atoms with Gasteiger partial charge in [0.2, 0.25) is 5.89 Å². The van der Waals surface area contributed by atoms with Crippen molar-refractivity contribution >= 4 is 12.4 Å². The maximum absolute atomic E-state index is 5.71. The third-order valence-corrected chi connectivity index (χ3v) is 4.73. The van der Waals surface area contributed by atoms with Crippen molar-refractivity contribution < 1.29 is 4.42 Å². The molecular formula is C19H24ClN5O. The summed E-state index contributed by atoms with van der Waals surface area (Å²) in [5.41, 5.74) is 3.20. The minimum absolute atomic E-state index is 0. The van der Waals surface area contributed by atoms with Gasteiger partial charge in [0.25, 0.3) is 0 Å². The first-order valence-electron chi connectivity index (χ1n) is 8.64. The van der Waals surface area contributed by atoms with Gasteiger partial charge in [-0.1, -0.05) is 17.7 Å². The van der Waals surface area contributed by atoms with Crippen LogP contribution >= 0.6 is 12.4 Å². The van der Waals surface area contributed by atoms with E-state index in [-0.39, 0.29) is 18.4 Å². The van der Waals surface area contributed by atoms with Crippen molar-refractivity contribution in [1.82, 2.24) is 24.8 Å². The Hall–Kier alpha value is -2.15. The maximum atomic E-state index is 5.71. The first-order chi connectivity index (χ1) is 12.2. The van der Waals surface area contributed by atoms with Crippen LogP contribution in [0.25, 0.3) is 11.5 Å². The number of nitrogens with zero attached hydrogens (tertiary/aromatic N) is 4. The number of hydrogen-bond acceptors (Lipinski definition) is 5. The number of oxazole rings is 1. The number of rotatable bonds is 4. The SMILES string of the molecule is Cc1ccc(-c2nc(CN3CCNCC3c3nccn3C)co2)cc1.Cl. The van der Waals surface area contributed by atoms with Gasteiger partial charge >= 0.3 is 0 Å². The molecule has 138 valence electrons. The minimum Gasteiger partial charge on any atom is -0.444 e. The van der Waals surface area contributed by atoms with Crippen LogP contribution < -0.4 is 5.32 Å². The molecule has 3 aromatic rings. The van der Waals surface area contributed by atoms with E-state index in [1.807, 2.05) is 31.6 Å². The Labute approximate surface area is 159 Å². The van der Waals surface area contributed by atoms with Crippen molar-refractivity contribution in [2.75, 3.05) is 19.6 Å². The molecule has 4 rings (SSSR count). The summed E-state index contributed by atoms with van der Waals surface area (Å²) in [6.07, 6.45) is 5.62. The number of piperazine rings is 1. The summed E-state index contributed by atoms with van der Waals surface area (Å²) < 4.78 is 7.80. The number of imidazole rings is 1. The molecule has 26 heavy (non-hydrogen) atoms. The highest BCUT2D eigenvalue weighted by Crippen LogP contribution is 2.24. The zero-order chi connectivity index (χ0) is 17.2. The normalized spacial score (nSPS) is 17.8. The van der Waals surface area contributed by atoms with Crippen molar-refractivity contribution in [3.05, 3.63) is 60.0 Å². The molecule has 3 heterocycles. The maximum Gasteiger partial charge on any atom is 0.226 e. The summed E-state index contributed by atoms with van der Waals surface area (Å²) in [6.45, 7) is 5.67. The summed E-state index contributed by atoms with van der Waals surface area (Å²) in [6, 6.07) is 8.49. The largest absolute Gasteiger partial charge is 0.444 e. The summed E-state index contributed by atoms with van der Waals surface area (Å²) in [5, 5.41) is 3.46. The van der Waals surface area contributed by atoms with E-state index in [9.17, 15) is 0 Å². The Bertz CT molecular complexity index is 842. The van der Waals surface area contributed by atoms with Gasteiger partial charge in [0.1, 0.15) is 12.1 Å². The average molecular weight is 374 g/mol. The lowest BCUT2D eigenvalue weighted by atomic mass is 10.1. The first-order valence-corrected chi connectivity index (χ1v) is 8.64. The summed E-state index contributed by atoms with van der Waals surface area (Å²) in [4.78, 5) is 11.6. The molecule has 6 nitrogen and oxygen atoms in total. The number of nitrogens with one attached hydrogen (secondary N) is 1. The second-order valence-corrected chi connectivity index (χ2v) is 6.60. The molecule has 0 spiro atoms. The fourth-order valence-corrected chi connectivity index (χ4v) is 3.30. The first kappa shape index (κ1) is 18.6. The quantitative estimate of drug-likeness (QED) is 0.762. The standard InChI is InChI=1S/C19H23N5O.ClH/c1-14-3-5-15(6-4-14)19-22-16(13-25-19)12-24-10-7-20-11-17(24)18-21-8-9-23(18)2;/h3-6,8-9,13,17,20H,7,10-12H2,1-2H3;1H. The molecule has 1 aliphatic rings. The molecule has 1 fully saturated rings. The van der Waals surface area contributed by atoms with E-state index in [4.69, 9.17) is 4.42 Å². The predicted molar refractivity (Wildman–Crippen MR) is 103 cm³/mol. The molecule has 1 atom stereocenters. The van der Waals surface area contributed by atoms with E-state index >= 15 is 0 Å². The number of benzene rings is 1. The van der Waals surface area contributed by atoms with Gasteiger partial charge in [-0.3, -0.25) is 4.90 Å². The molecule has 0 radical (unpaired) electrons. The number of aryl methyl sites for hydroxylation is 2. The molecule has 1 aromatic carbocycles. The third kappa shape index (κ3) is 3.82. The lowest BCUT2D eigenvalue weighted by Crippen LogP contribution is -2.46. The Morgan fingerprint density at radius 2 is 2.08 bits per heavy atom. The molecule has 7 heteroatoms. The second-order valence-electron chi connectivity index (χ2n) is 6.60. The van der Waals surface area contributed by atoms with Gasteiger partial charge in [0.15, 0.2) is 0 Å². The predicted octanol–water partition coefficient (Wildman–Crippen LogP) is 2.95. The van der Waals surface area contributed by atoms with Crippen LogP contribution in [0.3, 0.4) is 0 Å². The van der Waals surface area contributed by atoms with E-state index in [0.717, 1.165) is 43.3 Å². The van der Waals surface area contributed by atoms with Gasteiger partial charge in [0.05, 0.1) is 11.7 Å². The Morgan fingerprint density at radius 3 is 2.81 bits per heavy atom. The van der Waals surface area contributed by atoms with E-state index in [1.165, 1.54) is 5.56 Å². The highest BCUT2D eigenvalue weighted by atomic mass is 35.5. The molecule has 2 aromatic heterocycles. The fourth-order valence-electron chi connectivity index (χ4n) is 3.30. The topological polar surface area (TPSA) is 59.1 Å². The number of halogens is 1. The van der Waals surface area contributed by atoms with E-state index in [1.54, 1.807) is 6.26 Å². The van der Waals surface area contributed by atoms with Gasteiger partial charge in [-0.25, -0.2) is 9.97 Å². The van der Waals surface area contributed by atoms with Crippen LogP contribution in [-0.2, 0) is 13.6 Å². The zero-order valence-corrected chi connectivity index (χ0v) is 15.9. The summed E-state index contributed by atoms with van der Waals surface area (Å²) in [5.74, 6) is 1.76. The molecule has 1 N–H and O–H groups in total. The van der Waals surface area contributed by atoms with Gasteiger partial charge < -0.3 is 14.3 Å². The lowest BCUT2D eigenvalue weighted by molar-refractivity contribution is 0.143. The molecule has 0 aliphatic carbocycles. The Morgan fingerprint density at radius 1 is 1.27 bits per heavy atom. The van der Waals surface area contributed by atoms with E-state index in [0.29, 0.717) is 5.89 Å². The van der Waals surface area contributed by atoms with Gasteiger partial charge in [-0.15, -0.1) is 12.4 Å².